The number of aromatic nitrogens is 2. The normalized spacial score (nSPS) is 20.2. The largest absolute Gasteiger partial charge is 0.493 e. The van der Waals surface area contributed by atoms with Crippen molar-refractivity contribution < 1.29 is 9.53 Å². The maximum absolute atomic E-state index is 12.8. The summed E-state index contributed by atoms with van der Waals surface area (Å²) in [7, 11) is 4.11. The third-order valence-electron chi connectivity index (χ3n) is 6.41. The van der Waals surface area contributed by atoms with Crippen molar-refractivity contribution in [3.8, 4) is 5.75 Å². The predicted octanol–water partition coefficient (Wildman–Crippen LogP) is 3.97. The van der Waals surface area contributed by atoms with Gasteiger partial charge < -0.3 is 20.3 Å². The summed E-state index contributed by atoms with van der Waals surface area (Å²) in [5.41, 5.74) is 3.12. The highest BCUT2D eigenvalue weighted by atomic mass is 16.5. The third kappa shape index (κ3) is 5.14. The average Bonchev–Trinajstić information content (AvgIpc) is 2.80. The number of hydrogen-bond acceptors (Lipinski definition) is 6. The Kier molecular flexibility index (Phi) is 7.12. The van der Waals surface area contributed by atoms with Gasteiger partial charge in [-0.15, -0.1) is 0 Å². The van der Waals surface area contributed by atoms with Crippen molar-refractivity contribution in [2.75, 3.05) is 30.9 Å². The Morgan fingerprint density at radius 1 is 1.06 bits per heavy atom. The highest BCUT2D eigenvalue weighted by Crippen LogP contribution is 2.29. The van der Waals surface area contributed by atoms with Crippen molar-refractivity contribution in [1.82, 2.24) is 15.3 Å². The van der Waals surface area contributed by atoms with E-state index >= 15 is 0 Å². The quantitative estimate of drug-likeness (QED) is 0.682. The number of ether oxygens (including phenoxy) is 1. The van der Waals surface area contributed by atoms with Crippen LogP contribution in [0.3, 0.4) is 0 Å². The molecule has 2 aliphatic carbocycles. The molecule has 2 aromatic rings. The van der Waals surface area contributed by atoms with Crippen LogP contribution < -0.4 is 20.3 Å². The molecule has 4 rings (SSSR count). The van der Waals surface area contributed by atoms with Crippen LogP contribution in [0, 0.1) is 0 Å². The molecule has 0 bridgehead atoms. The van der Waals surface area contributed by atoms with Gasteiger partial charge in [-0.3, -0.25) is 4.79 Å². The second-order valence-corrected chi connectivity index (χ2v) is 8.99. The maximum Gasteiger partial charge on any atom is 0.255 e. The molecule has 0 aliphatic heterocycles. The Bertz CT molecular complexity index is 938. The van der Waals surface area contributed by atoms with E-state index in [1.165, 1.54) is 24.1 Å². The summed E-state index contributed by atoms with van der Waals surface area (Å²) < 4.78 is 5.61. The van der Waals surface area contributed by atoms with Crippen LogP contribution in [0.15, 0.2) is 24.3 Å². The van der Waals surface area contributed by atoms with E-state index in [1.807, 2.05) is 31.2 Å². The van der Waals surface area contributed by atoms with E-state index in [0.717, 1.165) is 50.3 Å². The van der Waals surface area contributed by atoms with E-state index in [2.05, 4.69) is 29.6 Å². The van der Waals surface area contributed by atoms with Crippen LogP contribution in [-0.4, -0.2) is 48.7 Å². The minimum Gasteiger partial charge on any atom is -0.493 e. The number of rotatable bonds is 7. The Labute approximate surface area is 191 Å². The molecule has 1 heterocycles. The lowest BCUT2D eigenvalue weighted by Crippen LogP contribution is -2.40. The minimum absolute atomic E-state index is 0.0564. The van der Waals surface area contributed by atoms with Gasteiger partial charge in [0, 0.05) is 31.7 Å². The van der Waals surface area contributed by atoms with Gasteiger partial charge >= 0.3 is 0 Å². The van der Waals surface area contributed by atoms with Gasteiger partial charge in [-0.25, -0.2) is 4.98 Å². The summed E-state index contributed by atoms with van der Waals surface area (Å²) in [6.45, 7) is 2.47. The van der Waals surface area contributed by atoms with E-state index in [1.54, 1.807) is 0 Å². The number of aryl methyl sites for hydroxylation is 1. The highest BCUT2D eigenvalue weighted by Gasteiger charge is 2.25. The van der Waals surface area contributed by atoms with E-state index in [0.29, 0.717) is 24.0 Å². The van der Waals surface area contributed by atoms with E-state index in [4.69, 9.17) is 14.7 Å². The van der Waals surface area contributed by atoms with E-state index in [-0.39, 0.29) is 11.9 Å². The van der Waals surface area contributed by atoms with Crippen LogP contribution >= 0.6 is 0 Å². The molecular formula is C25H35N5O2. The van der Waals surface area contributed by atoms with Gasteiger partial charge in [-0.2, -0.15) is 4.98 Å². The molecule has 1 amide bonds. The van der Waals surface area contributed by atoms with Gasteiger partial charge in [0.1, 0.15) is 11.6 Å². The summed E-state index contributed by atoms with van der Waals surface area (Å²) in [6, 6.07) is 7.94. The van der Waals surface area contributed by atoms with Gasteiger partial charge in [-0.1, -0.05) is 12.1 Å². The Morgan fingerprint density at radius 2 is 1.78 bits per heavy atom. The molecule has 2 aliphatic rings. The summed E-state index contributed by atoms with van der Waals surface area (Å²) in [5, 5.41) is 6.77. The number of carbonyl (C=O) groups excluding carboxylic acids is 1. The fraction of sp³-hybridized carbons (Fsp3) is 0.560. The Hall–Kier alpha value is -2.83. The van der Waals surface area contributed by atoms with Gasteiger partial charge in [0.2, 0.25) is 5.95 Å². The summed E-state index contributed by atoms with van der Waals surface area (Å²) in [5.74, 6) is 2.38. The average molecular weight is 438 g/mol. The van der Waals surface area contributed by atoms with Crippen molar-refractivity contribution >= 4 is 17.7 Å². The number of hydrogen-bond donors (Lipinski definition) is 2. The van der Waals surface area contributed by atoms with Crippen LogP contribution in [0.4, 0.5) is 11.8 Å². The van der Waals surface area contributed by atoms with Crippen molar-refractivity contribution in [3.63, 3.8) is 0 Å². The second kappa shape index (κ2) is 10.2. The van der Waals surface area contributed by atoms with Crippen molar-refractivity contribution in [2.45, 2.75) is 70.4 Å². The number of fused-ring (bicyclic) bond motifs is 1. The molecular weight excluding hydrogens is 402 g/mol. The van der Waals surface area contributed by atoms with E-state index in [9.17, 15) is 4.79 Å². The Balaban J connectivity index is 1.35. The zero-order valence-electron chi connectivity index (χ0n) is 19.5. The molecule has 0 unspecified atom stereocenters. The molecule has 1 fully saturated rings. The van der Waals surface area contributed by atoms with Crippen LogP contribution in [-0.2, 0) is 12.8 Å². The molecule has 0 spiro atoms. The molecule has 2 N–H and O–H groups in total. The first-order chi connectivity index (χ1) is 15.5. The number of nitrogens with one attached hydrogen (secondary N) is 2. The van der Waals surface area contributed by atoms with Crippen LogP contribution in [0.2, 0.25) is 0 Å². The first-order valence-electron chi connectivity index (χ1n) is 11.9. The first kappa shape index (κ1) is 22.4. The molecule has 7 heteroatoms. The summed E-state index contributed by atoms with van der Waals surface area (Å²) in [4.78, 5) is 24.6. The van der Waals surface area contributed by atoms with Crippen molar-refractivity contribution in [2.24, 2.45) is 0 Å². The molecule has 0 saturated heterocycles. The number of carbonyl (C=O) groups is 1. The fourth-order valence-electron chi connectivity index (χ4n) is 4.77. The van der Waals surface area contributed by atoms with Gasteiger partial charge in [-0.05, 0) is 70.4 Å². The SMILES string of the molecule is CCOc1ccccc1C(=O)NC1CCC(Nc2nc3c(c(N(C)C)n2)CCCC3)CC1. The molecule has 1 aromatic heterocycles. The third-order valence-corrected chi connectivity index (χ3v) is 6.41. The predicted molar refractivity (Wildman–Crippen MR) is 128 cm³/mol. The van der Waals surface area contributed by atoms with Crippen LogP contribution in [0.1, 0.15) is 67.1 Å². The lowest BCUT2D eigenvalue weighted by molar-refractivity contribution is 0.0922. The second-order valence-electron chi connectivity index (χ2n) is 8.99. The lowest BCUT2D eigenvalue weighted by Gasteiger charge is -2.30. The van der Waals surface area contributed by atoms with Crippen molar-refractivity contribution in [1.29, 1.82) is 0 Å². The zero-order chi connectivity index (χ0) is 22.5. The smallest absolute Gasteiger partial charge is 0.255 e. The van der Waals surface area contributed by atoms with Gasteiger partial charge in [0.15, 0.2) is 0 Å². The van der Waals surface area contributed by atoms with Crippen LogP contribution in [0.5, 0.6) is 5.75 Å². The number of benzene rings is 1. The van der Waals surface area contributed by atoms with E-state index < -0.39 is 0 Å². The molecule has 1 aromatic carbocycles. The number of amides is 1. The molecule has 1 saturated carbocycles. The molecule has 32 heavy (non-hydrogen) atoms. The monoisotopic (exact) mass is 437 g/mol. The number of nitrogens with zero attached hydrogens (tertiary/aromatic N) is 3. The summed E-state index contributed by atoms with van der Waals surface area (Å²) >= 11 is 0. The maximum atomic E-state index is 12.8. The van der Waals surface area contributed by atoms with Crippen molar-refractivity contribution in [3.05, 3.63) is 41.1 Å². The lowest BCUT2D eigenvalue weighted by atomic mass is 9.91. The fourth-order valence-corrected chi connectivity index (χ4v) is 4.77. The standard InChI is InChI=1S/C25H35N5O2/c1-4-32-22-12-8-6-10-20(22)24(31)26-17-13-15-18(16-14-17)27-25-28-21-11-7-5-9-19(21)23(29-25)30(2)3/h6,8,10,12,17-18H,4-5,7,9,11,13-16H2,1-3H3,(H,26,31)(H,27,28,29). The highest BCUT2D eigenvalue weighted by molar-refractivity contribution is 5.97. The first-order valence-corrected chi connectivity index (χ1v) is 11.9. The Morgan fingerprint density at radius 3 is 2.53 bits per heavy atom. The number of para-hydroxylation sites is 1. The van der Waals surface area contributed by atoms with Gasteiger partial charge in [0.25, 0.3) is 5.91 Å². The summed E-state index contributed by atoms with van der Waals surface area (Å²) in [6.07, 6.45) is 8.36. The zero-order valence-corrected chi connectivity index (χ0v) is 19.5. The number of anilines is 2. The molecule has 0 atom stereocenters. The molecule has 172 valence electrons. The molecule has 7 nitrogen and oxygen atoms in total. The minimum atomic E-state index is -0.0564. The van der Waals surface area contributed by atoms with Crippen LogP contribution in [0.25, 0.3) is 0 Å². The molecule has 0 radical (unpaired) electrons. The van der Waals surface area contributed by atoms with Gasteiger partial charge in [0.05, 0.1) is 17.9 Å². The topological polar surface area (TPSA) is 79.4 Å².